The molecular weight excluding hydrogens is 276 g/mol. The van der Waals surface area contributed by atoms with Gasteiger partial charge in [-0.2, -0.15) is 0 Å². The van der Waals surface area contributed by atoms with E-state index >= 15 is 0 Å². The van der Waals surface area contributed by atoms with Crippen LogP contribution >= 0.6 is 0 Å². The summed E-state index contributed by atoms with van der Waals surface area (Å²) in [5.41, 5.74) is -0.971. The fourth-order valence-electron chi connectivity index (χ4n) is 2.85. The highest BCUT2D eigenvalue weighted by molar-refractivity contribution is 5.74. The number of aliphatic carboxylic acids is 1. The third kappa shape index (κ3) is 3.65. The highest BCUT2D eigenvalue weighted by atomic mass is 16.6. The van der Waals surface area contributed by atoms with Crippen LogP contribution in [-0.4, -0.2) is 65.6 Å². The van der Waals surface area contributed by atoms with E-state index in [1.54, 1.807) is 20.8 Å². The number of alkyl carbamates (subject to hydrolysis) is 1. The Balaban J connectivity index is 1.95. The Labute approximate surface area is 124 Å². The Kier molecular flexibility index (Phi) is 4.43. The molecule has 0 spiro atoms. The van der Waals surface area contributed by atoms with E-state index < -0.39 is 29.2 Å². The number of likely N-dealkylation sites (tertiary alicyclic amines) is 1. The number of amides is 1. The first-order valence-corrected chi connectivity index (χ1v) is 7.28. The second-order valence-corrected chi connectivity index (χ2v) is 6.76. The van der Waals surface area contributed by atoms with Crippen LogP contribution in [0.5, 0.6) is 0 Å². The molecule has 7 nitrogen and oxygen atoms in total. The lowest BCUT2D eigenvalue weighted by Crippen LogP contribution is -2.69. The smallest absolute Gasteiger partial charge is 0.407 e. The van der Waals surface area contributed by atoms with Crippen molar-refractivity contribution in [3.05, 3.63) is 0 Å². The number of hydrogen-bond acceptors (Lipinski definition) is 5. The zero-order valence-corrected chi connectivity index (χ0v) is 12.8. The molecule has 2 saturated heterocycles. The second kappa shape index (κ2) is 5.81. The fraction of sp³-hybridized carbons (Fsp3) is 0.857. The van der Waals surface area contributed by atoms with Gasteiger partial charge in [-0.05, 0) is 40.2 Å². The number of carbonyl (C=O) groups excluding carboxylic acids is 1. The Morgan fingerprint density at radius 1 is 1.43 bits per heavy atom. The fourth-order valence-corrected chi connectivity index (χ4v) is 2.85. The molecule has 0 saturated carbocycles. The van der Waals surface area contributed by atoms with Gasteiger partial charge in [-0.15, -0.1) is 0 Å². The topological polar surface area (TPSA) is 88.1 Å². The van der Waals surface area contributed by atoms with Gasteiger partial charge < -0.3 is 19.9 Å². The third-order valence-electron chi connectivity index (χ3n) is 3.85. The molecule has 0 aliphatic carbocycles. The zero-order valence-electron chi connectivity index (χ0n) is 12.8. The molecule has 120 valence electrons. The number of hydrogen-bond donors (Lipinski definition) is 2. The van der Waals surface area contributed by atoms with Crippen molar-refractivity contribution in [2.75, 3.05) is 26.3 Å². The van der Waals surface area contributed by atoms with Crippen LogP contribution in [0.25, 0.3) is 0 Å². The van der Waals surface area contributed by atoms with Gasteiger partial charge in [0.15, 0.2) is 0 Å². The molecule has 0 bridgehead atoms. The summed E-state index contributed by atoms with van der Waals surface area (Å²) in [7, 11) is 0. The maximum absolute atomic E-state index is 11.8. The molecule has 1 atom stereocenters. The minimum absolute atomic E-state index is 0.339. The highest BCUT2D eigenvalue weighted by Gasteiger charge is 2.50. The summed E-state index contributed by atoms with van der Waals surface area (Å²) in [4.78, 5) is 25.1. The highest BCUT2D eigenvalue weighted by Crippen LogP contribution is 2.32. The molecule has 1 amide bonds. The van der Waals surface area contributed by atoms with Crippen molar-refractivity contribution in [3.63, 3.8) is 0 Å². The lowest BCUT2D eigenvalue weighted by Gasteiger charge is -2.49. The number of nitrogens with zero attached hydrogens (tertiary/aromatic N) is 1. The molecule has 0 radical (unpaired) electrons. The summed E-state index contributed by atoms with van der Waals surface area (Å²) < 4.78 is 10.5. The quantitative estimate of drug-likeness (QED) is 0.799. The van der Waals surface area contributed by atoms with Gasteiger partial charge in [-0.1, -0.05) is 0 Å². The van der Waals surface area contributed by atoms with Crippen molar-refractivity contribution < 1.29 is 24.2 Å². The van der Waals surface area contributed by atoms with Gasteiger partial charge in [0, 0.05) is 6.54 Å². The molecule has 2 N–H and O–H groups in total. The molecule has 0 aromatic carbocycles. The SMILES string of the molecule is CC(C)(C)OC(=O)NCC1(N2CCC[C@@H]2C(=O)O)COC1. The van der Waals surface area contributed by atoms with Gasteiger partial charge in [-0.3, -0.25) is 9.69 Å². The van der Waals surface area contributed by atoms with E-state index in [4.69, 9.17) is 9.47 Å². The van der Waals surface area contributed by atoms with Crippen LogP contribution in [0, 0.1) is 0 Å². The Morgan fingerprint density at radius 3 is 2.57 bits per heavy atom. The molecule has 2 fully saturated rings. The first-order chi connectivity index (χ1) is 9.73. The van der Waals surface area contributed by atoms with Crippen LogP contribution < -0.4 is 5.32 Å². The van der Waals surface area contributed by atoms with E-state index in [2.05, 4.69) is 5.32 Å². The summed E-state index contributed by atoms with van der Waals surface area (Å²) in [5, 5.41) is 12.0. The van der Waals surface area contributed by atoms with E-state index in [-0.39, 0.29) is 0 Å². The molecule has 2 aliphatic heterocycles. The van der Waals surface area contributed by atoms with Gasteiger partial charge in [0.05, 0.1) is 18.8 Å². The average molecular weight is 300 g/mol. The van der Waals surface area contributed by atoms with Crippen LogP contribution in [0.1, 0.15) is 33.6 Å². The Morgan fingerprint density at radius 2 is 2.10 bits per heavy atom. The number of ether oxygens (including phenoxy) is 2. The van der Waals surface area contributed by atoms with Crippen LogP contribution in [-0.2, 0) is 14.3 Å². The predicted molar refractivity (Wildman–Crippen MR) is 75.2 cm³/mol. The Hall–Kier alpha value is -1.34. The number of rotatable bonds is 4. The number of nitrogens with one attached hydrogen (secondary N) is 1. The molecule has 7 heteroatoms. The summed E-state index contributed by atoms with van der Waals surface area (Å²) in [6, 6.07) is -0.491. The summed E-state index contributed by atoms with van der Waals surface area (Å²) >= 11 is 0. The summed E-state index contributed by atoms with van der Waals surface area (Å²) in [6.45, 7) is 7.34. The van der Waals surface area contributed by atoms with Crippen molar-refractivity contribution >= 4 is 12.1 Å². The standard InChI is InChI=1S/C14H24N2O5/c1-13(2,3)21-12(19)15-7-14(8-20-9-14)16-6-4-5-10(16)11(17)18/h10H,4-9H2,1-3H3,(H,15,19)(H,17,18)/t10-/m1/s1. The molecule has 2 aliphatic rings. The monoisotopic (exact) mass is 300 g/mol. The largest absolute Gasteiger partial charge is 0.480 e. The molecular formula is C14H24N2O5. The van der Waals surface area contributed by atoms with Crippen molar-refractivity contribution in [1.82, 2.24) is 10.2 Å². The second-order valence-electron chi connectivity index (χ2n) is 6.76. The van der Waals surface area contributed by atoms with E-state index in [0.29, 0.717) is 26.2 Å². The van der Waals surface area contributed by atoms with E-state index in [1.807, 2.05) is 4.90 Å². The maximum atomic E-state index is 11.8. The van der Waals surface area contributed by atoms with Crippen molar-refractivity contribution in [2.24, 2.45) is 0 Å². The predicted octanol–water partition coefficient (Wildman–Crippen LogP) is 0.829. The number of carboxylic acid groups (broad SMARTS) is 1. The first-order valence-electron chi connectivity index (χ1n) is 7.28. The lowest BCUT2D eigenvalue weighted by atomic mass is 9.93. The van der Waals surface area contributed by atoms with E-state index in [9.17, 15) is 14.7 Å². The number of carboxylic acids is 1. The van der Waals surface area contributed by atoms with Gasteiger partial charge in [0.1, 0.15) is 11.6 Å². The minimum atomic E-state index is -0.809. The molecule has 2 heterocycles. The third-order valence-corrected chi connectivity index (χ3v) is 3.85. The van der Waals surface area contributed by atoms with Crippen LogP contribution in [0.15, 0.2) is 0 Å². The minimum Gasteiger partial charge on any atom is -0.480 e. The van der Waals surface area contributed by atoms with E-state index in [1.165, 1.54) is 0 Å². The maximum Gasteiger partial charge on any atom is 0.407 e. The van der Waals surface area contributed by atoms with E-state index in [0.717, 1.165) is 13.0 Å². The van der Waals surface area contributed by atoms with Crippen LogP contribution in [0.3, 0.4) is 0 Å². The zero-order chi connectivity index (χ0) is 15.7. The van der Waals surface area contributed by atoms with Crippen LogP contribution in [0.2, 0.25) is 0 Å². The first kappa shape index (κ1) is 16.0. The summed E-state index contributed by atoms with van der Waals surface area (Å²) in [6.07, 6.45) is 1.01. The molecule has 2 rings (SSSR count). The van der Waals surface area contributed by atoms with Crippen molar-refractivity contribution in [1.29, 1.82) is 0 Å². The van der Waals surface area contributed by atoms with Gasteiger partial charge >= 0.3 is 12.1 Å². The molecule has 0 aromatic rings. The van der Waals surface area contributed by atoms with Crippen molar-refractivity contribution in [2.45, 2.75) is 50.8 Å². The average Bonchev–Trinajstić information content (AvgIpc) is 2.74. The number of carbonyl (C=O) groups is 2. The molecule has 0 aromatic heterocycles. The lowest BCUT2D eigenvalue weighted by molar-refractivity contribution is -0.163. The summed E-state index contributed by atoms with van der Waals surface area (Å²) in [5.74, 6) is -0.809. The van der Waals surface area contributed by atoms with Gasteiger partial charge in [-0.25, -0.2) is 4.79 Å². The normalized spacial score (nSPS) is 25.2. The van der Waals surface area contributed by atoms with Crippen molar-refractivity contribution in [3.8, 4) is 0 Å². The van der Waals surface area contributed by atoms with Crippen LogP contribution in [0.4, 0.5) is 4.79 Å². The van der Waals surface area contributed by atoms with Gasteiger partial charge in [0.2, 0.25) is 0 Å². The Bertz CT molecular complexity index is 414. The molecule has 21 heavy (non-hydrogen) atoms. The van der Waals surface area contributed by atoms with Gasteiger partial charge in [0.25, 0.3) is 0 Å². The molecule has 0 unspecified atom stereocenters.